The fourth-order valence-electron chi connectivity index (χ4n) is 1.99. The van der Waals surface area contributed by atoms with Gasteiger partial charge in [-0.25, -0.2) is 13.1 Å². The SMILES string of the molecule is CNCc1sc2ccccc2c1S(=O)(=O)NCCSC. The number of thioether (sulfide) groups is 1. The third-order valence-corrected chi connectivity index (χ3v) is 6.32. The molecule has 2 rings (SSSR count). The van der Waals surface area contributed by atoms with Gasteiger partial charge in [-0.05, 0) is 19.4 Å². The van der Waals surface area contributed by atoms with Crippen LogP contribution in [0.4, 0.5) is 0 Å². The maximum absolute atomic E-state index is 12.5. The summed E-state index contributed by atoms with van der Waals surface area (Å²) in [6.45, 7) is 1.00. The van der Waals surface area contributed by atoms with Crippen LogP contribution in [-0.2, 0) is 16.6 Å². The van der Waals surface area contributed by atoms with E-state index in [-0.39, 0.29) is 0 Å². The molecule has 0 aliphatic carbocycles. The van der Waals surface area contributed by atoms with Crippen LogP contribution >= 0.6 is 23.1 Å². The number of sulfonamides is 1. The van der Waals surface area contributed by atoms with Crippen LogP contribution in [0, 0.1) is 0 Å². The molecule has 0 amide bonds. The maximum atomic E-state index is 12.5. The lowest BCUT2D eigenvalue weighted by molar-refractivity contribution is 0.584. The van der Waals surface area contributed by atoms with E-state index in [0.29, 0.717) is 18.0 Å². The second-order valence-electron chi connectivity index (χ2n) is 4.27. The molecule has 110 valence electrons. The van der Waals surface area contributed by atoms with Crippen LogP contribution in [0.25, 0.3) is 10.1 Å². The Morgan fingerprint density at radius 1 is 1.30 bits per heavy atom. The monoisotopic (exact) mass is 330 g/mol. The molecule has 0 saturated carbocycles. The first-order valence-electron chi connectivity index (χ1n) is 6.23. The van der Waals surface area contributed by atoms with E-state index in [1.54, 1.807) is 11.8 Å². The van der Waals surface area contributed by atoms with E-state index in [1.165, 1.54) is 11.3 Å². The molecule has 2 N–H and O–H groups in total. The number of fused-ring (bicyclic) bond motifs is 1. The highest BCUT2D eigenvalue weighted by Crippen LogP contribution is 2.34. The van der Waals surface area contributed by atoms with E-state index in [9.17, 15) is 8.42 Å². The van der Waals surface area contributed by atoms with Gasteiger partial charge in [0.1, 0.15) is 4.90 Å². The molecule has 0 atom stereocenters. The molecule has 0 bridgehead atoms. The number of hydrogen-bond acceptors (Lipinski definition) is 5. The third-order valence-electron chi connectivity index (χ3n) is 2.82. The van der Waals surface area contributed by atoms with Gasteiger partial charge in [-0.1, -0.05) is 18.2 Å². The van der Waals surface area contributed by atoms with Crippen molar-refractivity contribution in [2.24, 2.45) is 0 Å². The normalized spacial score (nSPS) is 12.1. The van der Waals surface area contributed by atoms with Gasteiger partial charge in [0.15, 0.2) is 0 Å². The molecule has 0 aliphatic rings. The molecule has 20 heavy (non-hydrogen) atoms. The van der Waals surface area contributed by atoms with Gasteiger partial charge in [-0.15, -0.1) is 11.3 Å². The highest BCUT2D eigenvalue weighted by atomic mass is 32.2. The fraction of sp³-hybridized carbons (Fsp3) is 0.385. The molecule has 1 aromatic heterocycles. The van der Waals surface area contributed by atoms with Crippen molar-refractivity contribution in [3.8, 4) is 0 Å². The molecule has 2 aromatic rings. The molecule has 4 nitrogen and oxygen atoms in total. The molecule has 0 spiro atoms. The zero-order chi connectivity index (χ0) is 14.6. The van der Waals surface area contributed by atoms with Crippen LogP contribution in [0.2, 0.25) is 0 Å². The average Bonchev–Trinajstić information content (AvgIpc) is 2.78. The minimum atomic E-state index is -3.46. The summed E-state index contributed by atoms with van der Waals surface area (Å²) in [6.07, 6.45) is 1.96. The molecule has 1 heterocycles. The minimum absolute atomic E-state index is 0.425. The lowest BCUT2D eigenvalue weighted by atomic mass is 10.2. The second kappa shape index (κ2) is 6.91. The van der Waals surface area contributed by atoms with Gasteiger partial charge in [0, 0.05) is 33.8 Å². The molecule has 0 aliphatic heterocycles. The van der Waals surface area contributed by atoms with Crippen molar-refractivity contribution in [1.82, 2.24) is 10.0 Å². The molecule has 0 saturated heterocycles. The Morgan fingerprint density at radius 3 is 2.75 bits per heavy atom. The summed E-state index contributed by atoms with van der Waals surface area (Å²) in [6, 6.07) is 7.63. The minimum Gasteiger partial charge on any atom is -0.315 e. The Bertz CT molecular complexity index is 680. The van der Waals surface area contributed by atoms with E-state index < -0.39 is 10.0 Å². The molecule has 0 fully saturated rings. The predicted octanol–water partition coefficient (Wildman–Crippen LogP) is 2.26. The first-order valence-corrected chi connectivity index (χ1v) is 9.93. The van der Waals surface area contributed by atoms with Gasteiger partial charge in [0.25, 0.3) is 0 Å². The van der Waals surface area contributed by atoms with Crippen molar-refractivity contribution >= 4 is 43.2 Å². The zero-order valence-electron chi connectivity index (χ0n) is 11.5. The quantitative estimate of drug-likeness (QED) is 0.765. The van der Waals surface area contributed by atoms with Crippen LogP contribution in [0.3, 0.4) is 0 Å². The molecule has 0 unspecified atom stereocenters. The molecule has 1 aromatic carbocycles. The van der Waals surface area contributed by atoms with E-state index in [0.717, 1.165) is 20.7 Å². The van der Waals surface area contributed by atoms with E-state index in [2.05, 4.69) is 10.0 Å². The Labute approximate surface area is 128 Å². The van der Waals surface area contributed by atoms with Crippen molar-refractivity contribution < 1.29 is 8.42 Å². The van der Waals surface area contributed by atoms with Crippen LogP contribution in [0.15, 0.2) is 29.2 Å². The van der Waals surface area contributed by atoms with Crippen molar-refractivity contribution in [3.63, 3.8) is 0 Å². The summed E-state index contributed by atoms with van der Waals surface area (Å²) in [5.74, 6) is 0.767. The van der Waals surface area contributed by atoms with Gasteiger partial charge in [-0.3, -0.25) is 0 Å². The number of nitrogens with one attached hydrogen (secondary N) is 2. The van der Waals surface area contributed by atoms with Gasteiger partial charge in [0.2, 0.25) is 10.0 Å². The first-order chi connectivity index (χ1) is 9.60. The molecule has 7 heteroatoms. The lowest BCUT2D eigenvalue weighted by Crippen LogP contribution is -2.27. The summed E-state index contributed by atoms with van der Waals surface area (Å²) in [4.78, 5) is 1.28. The van der Waals surface area contributed by atoms with Gasteiger partial charge in [-0.2, -0.15) is 11.8 Å². The van der Waals surface area contributed by atoms with Gasteiger partial charge < -0.3 is 5.32 Å². The molecule has 0 radical (unpaired) electrons. The van der Waals surface area contributed by atoms with E-state index in [1.807, 2.05) is 37.6 Å². The van der Waals surface area contributed by atoms with E-state index >= 15 is 0 Å². The Balaban J connectivity index is 2.47. The number of thiophene rings is 1. The topological polar surface area (TPSA) is 58.2 Å². The van der Waals surface area contributed by atoms with Crippen molar-refractivity contribution in [2.45, 2.75) is 11.4 Å². The van der Waals surface area contributed by atoms with Crippen molar-refractivity contribution in [2.75, 3.05) is 25.6 Å². The zero-order valence-corrected chi connectivity index (χ0v) is 13.9. The Kier molecular flexibility index (Phi) is 5.45. The van der Waals surface area contributed by atoms with Crippen LogP contribution < -0.4 is 10.0 Å². The standard InChI is InChI=1S/C13H18N2O2S3/c1-14-9-12-13(20(16,17)15-7-8-18-2)10-5-3-4-6-11(10)19-12/h3-6,14-15H,7-9H2,1-2H3. The van der Waals surface area contributed by atoms with Crippen molar-refractivity contribution in [1.29, 1.82) is 0 Å². The fourth-order valence-corrected chi connectivity index (χ4v) is 5.41. The summed E-state index contributed by atoms with van der Waals surface area (Å²) in [7, 11) is -1.64. The third kappa shape index (κ3) is 3.35. The summed E-state index contributed by atoms with van der Waals surface area (Å²) < 4.78 is 28.8. The maximum Gasteiger partial charge on any atom is 0.242 e. The summed E-state index contributed by atoms with van der Waals surface area (Å²) in [5.41, 5.74) is 0. The first kappa shape index (κ1) is 15.8. The number of rotatable bonds is 7. The smallest absolute Gasteiger partial charge is 0.242 e. The average molecular weight is 331 g/mol. The number of hydrogen-bond donors (Lipinski definition) is 2. The predicted molar refractivity (Wildman–Crippen MR) is 88.2 cm³/mol. The lowest BCUT2D eigenvalue weighted by Gasteiger charge is -2.08. The summed E-state index contributed by atoms with van der Waals surface area (Å²) in [5, 5.41) is 3.84. The van der Waals surface area contributed by atoms with Crippen LogP contribution in [0.5, 0.6) is 0 Å². The van der Waals surface area contributed by atoms with Crippen molar-refractivity contribution in [3.05, 3.63) is 29.1 Å². The van der Waals surface area contributed by atoms with Crippen LogP contribution in [-0.4, -0.2) is 34.0 Å². The van der Waals surface area contributed by atoms with E-state index in [4.69, 9.17) is 0 Å². The highest BCUT2D eigenvalue weighted by molar-refractivity contribution is 7.98. The van der Waals surface area contributed by atoms with Gasteiger partial charge in [0.05, 0.1) is 0 Å². The second-order valence-corrected chi connectivity index (χ2v) is 8.10. The van der Waals surface area contributed by atoms with Gasteiger partial charge >= 0.3 is 0 Å². The Morgan fingerprint density at radius 2 is 2.05 bits per heavy atom. The highest BCUT2D eigenvalue weighted by Gasteiger charge is 2.23. The largest absolute Gasteiger partial charge is 0.315 e. The van der Waals surface area contributed by atoms with Crippen LogP contribution in [0.1, 0.15) is 4.88 Å². The Hall–Kier alpha value is -0.600. The molecular formula is C13H18N2O2S3. The summed E-state index contributed by atoms with van der Waals surface area (Å²) >= 11 is 3.15. The molecular weight excluding hydrogens is 312 g/mol. The number of benzene rings is 1.